The molecule has 2 aromatic heterocycles. The van der Waals surface area contributed by atoms with Gasteiger partial charge >= 0.3 is 0 Å². The minimum Gasteiger partial charge on any atom is -0.456 e. The van der Waals surface area contributed by atoms with Gasteiger partial charge < -0.3 is 8.83 Å². The maximum atomic E-state index is 9.49. The summed E-state index contributed by atoms with van der Waals surface area (Å²) in [5.41, 5.74) is 3.50. The number of rotatable bonds is 4. The highest BCUT2D eigenvalue weighted by molar-refractivity contribution is 6.23. The predicted octanol–water partition coefficient (Wildman–Crippen LogP) is 14.5. The van der Waals surface area contributed by atoms with Gasteiger partial charge in [-0.05, 0) is 90.4 Å². The lowest BCUT2D eigenvalue weighted by atomic mass is 9.85. The fourth-order valence-electron chi connectivity index (χ4n) is 7.28. The highest BCUT2D eigenvalue weighted by Gasteiger charge is 2.22. The Labute approximate surface area is 320 Å². The van der Waals surface area contributed by atoms with Crippen LogP contribution in [0.4, 0.5) is 0 Å². The Balaban J connectivity index is 1.29. The Morgan fingerprint density at radius 2 is 0.904 bits per heavy atom. The molecule has 0 radical (unpaired) electrons. The fourth-order valence-corrected chi connectivity index (χ4v) is 7.28. The molecule has 2 heterocycles. The third-order valence-electron chi connectivity index (χ3n) is 9.54. The second-order valence-corrected chi connectivity index (χ2v) is 12.4. The van der Waals surface area contributed by atoms with Gasteiger partial charge in [-0.3, -0.25) is 0 Å². The molecule has 242 valence electrons. The molecule has 9 aromatic carbocycles. The van der Waals surface area contributed by atoms with Crippen molar-refractivity contribution in [3.8, 4) is 44.7 Å². The molecular formula is C50H30O2. The van der Waals surface area contributed by atoms with Gasteiger partial charge in [0.15, 0.2) is 0 Å². The van der Waals surface area contributed by atoms with E-state index >= 15 is 0 Å². The second kappa shape index (κ2) is 11.3. The molecule has 11 rings (SSSR count). The Hall–Kier alpha value is -6.90. The summed E-state index contributed by atoms with van der Waals surface area (Å²) in [4.78, 5) is 0. The first kappa shape index (κ1) is 17.8. The normalized spacial score (nSPS) is 15.9. The van der Waals surface area contributed by atoms with Crippen LogP contribution in [0, 0.1) is 0 Å². The summed E-state index contributed by atoms with van der Waals surface area (Å²) in [5, 5.41) is 0.0334. The van der Waals surface area contributed by atoms with Crippen molar-refractivity contribution in [1.82, 2.24) is 0 Å². The van der Waals surface area contributed by atoms with E-state index in [0.29, 0.717) is 33.3 Å². The summed E-state index contributed by atoms with van der Waals surface area (Å²) < 4.78 is 148. The van der Waals surface area contributed by atoms with Crippen LogP contribution >= 0.6 is 0 Å². The molecule has 0 aliphatic rings. The van der Waals surface area contributed by atoms with Gasteiger partial charge in [-0.25, -0.2) is 0 Å². The van der Waals surface area contributed by atoms with Gasteiger partial charge in [0.1, 0.15) is 22.5 Å². The number of hydrogen-bond donors (Lipinski definition) is 0. The van der Waals surface area contributed by atoms with E-state index in [4.69, 9.17) is 21.2 Å². The molecule has 0 N–H and O–H groups in total. The van der Waals surface area contributed by atoms with Crippen LogP contribution in [-0.2, 0) is 0 Å². The summed E-state index contributed by atoms with van der Waals surface area (Å²) in [6.07, 6.45) is 0. The van der Waals surface area contributed by atoms with Crippen molar-refractivity contribution >= 4 is 65.2 Å². The SMILES string of the molecule is [2H]c1c([2H])c([2H])c2c([2H])c(-c3c4c([2H])c([2H])c([2H])c([2H])c4c(-c4ccc5oc6cc7c(-c8ccccc8)c(-c8ccccc8)oc7cc6c5c4)c4c([2H])c([2H])c([2H])c([2H])c34)c([2H])c([2H])c2c1[2H]. The Morgan fingerprint density at radius 3 is 1.60 bits per heavy atom. The van der Waals surface area contributed by atoms with Crippen molar-refractivity contribution in [1.29, 1.82) is 0 Å². The minimum absolute atomic E-state index is 0.00679. The Bertz CT molecular complexity index is 3950. The topological polar surface area (TPSA) is 26.3 Å². The van der Waals surface area contributed by atoms with E-state index in [1.54, 1.807) is 18.2 Å². The van der Waals surface area contributed by atoms with Crippen molar-refractivity contribution in [3.05, 3.63) is 182 Å². The van der Waals surface area contributed by atoms with Crippen molar-refractivity contribution in [2.75, 3.05) is 0 Å². The van der Waals surface area contributed by atoms with Crippen molar-refractivity contribution in [3.63, 3.8) is 0 Å². The summed E-state index contributed by atoms with van der Waals surface area (Å²) in [6.45, 7) is 0. The van der Waals surface area contributed by atoms with Gasteiger partial charge in [-0.2, -0.15) is 0 Å². The average Bonchev–Trinajstić information content (AvgIpc) is 3.89. The van der Waals surface area contributed by atoms with E-state index in [-0.39, 0.29) is 38.2 Å². The van der Waals surface area contributed by atoms with Gasteiger partial charge in [0.05, 0.1) is 20.6 Å². The Kier molecular flexibility index (Phi) is 3.88. The number of benzene rings is 9. The number of furan rings is 2. The van der Waals surface area contributed by atoms with Crippen LogP contribution < -0.4 is 0 Å². The highest BCUT2D eigenvalue weighted by atomic mass is 16.3. The zero-order valence-corrected chi connectivity index (χ0v) is 27.0. The van der Waals surface area contributed by atoms with Crippen molar-refractivity contribution in [2.45, 2.75) is 0 Å². The van der Waals surface area contributed by atoms with Gasteiger partial charge in [0.25, 0.3) is 0 Å². The minimum atomic E-state index is -0.751. The highest BCUT2D eigenvalue weighted by Crippen LogP contribution is 2.47. The maximum absolute atomic E-state index is 9.49. The standard InChI is InChI=1S/C50H30O2/c1-3-14-32(15-4-1)49-43-30-45-42(29-46(43)52-50(49)33-16-5-2-6-17-33)41-28-36(25-26-44(41)51-45)48-39-21-11-9-19-37(39)47(38-20-10-12-22-40(38)48)35-24-23-31-13-7-8-18-34(31)27-35/h1-30H/i7D,8D,9D,10D,11D,12D,13D,18D,19D,20D,21D,22D,23D,24D,27D. The van der Waals surface area contributed by atoms with E-state index in [2.05, 4.69) is 0 Å². The molecule has 0 saturated heterocycles. The number of hydrogen-bond acceptors (Lipinski definition) is 2. The summed E-state index contributed by atoms with van der Waals surface area (Å²) >= 11 is 0. The van der Waals surface area contributed by atoms with E-state index in [9.17, 15) is 8.22 Å². The van der Waals surface area contributed by atoms with Crippen molar-refractivity contribution < 1.29 is 29.4 Å². The van der Waals surface area contributed by atoms with E-state index < -0.39 is 107 Å². The van der Waals surface area contributed by atoms with Gasteiger partial charge in [0, 0.05) is 27.3 Å². The van der Waals surface area contributed by atoms with Gasteiger partial charge in [-0.15, -0.1) is 0 Å². The molecule has 0 bridgehead atoms. The number of fused-ring (bicyclic) bond motifs is 7. The Morgan fingerprint density at radius 1 is 0.346 bits per heavy atom. The van der Waals surface area contributed by atoms with Crippen LogP contribution in [0.3, 0.4) is 0 Å². The quantitative estimate of drug-likeness (QED) is 0.173. The molecule has 0 saturated carbocycles. The van der Waals surface area contributed by atoms with E-state index in [1.807, 2.05) is 72.8 Å². The molecule has 0 spiro atoms. The first-order valence-corrected chi connectivity index (χ1v) is 16.5. The third-order valence-corrected chi connectivity index (χ3v) is 9.54. The molecule has 2 nitrogen and oxygen atoms in total. The van der Waals surface area contributed by atoms with Gasteiger partial charge in [-0.1, -0.05) is 151 Å². The lowest BCUT2D eigenvalue weighted by molar-refractivity contribution is 0.632. The van der Waals surface area contributed by atoms with Crippen LogP contribution in [-0.4, -0.2) is 0 Å². The molecule has 0 fully saturated rings. The fraction of sp³-hybridized carbons (Fsp3) is 0. The molecule has 0 amide bonds. The summed E-state index contributed by atoms with van der Waals surface area (Å²) in [7, 11) is 0. The van der Waals surface area contributed by atoms with Crippen LogP contribution in [0.5, 0.6) is 0 Å². The van der Waals surface area contributed by atoms with Crippen LogP contribution in [0.2, 0.25) is 0 Å². The molecule has 0 unspecified atom stereocenters. The first-order valence-electron chi connectivity index (χ1n) is 24.0. The summed E-state index contributed by atoms with van der Waals surface area (Å²) in [5.74, 6) is 0.650. The molecule has 0 aliphatic carbocycles. The largest absolute Gasteiger partial charge is 0.456 e. The molecular weight excluding hydrogens is 633 g/mol. The zero-order chi connectivity index (χ0) is 47.2. The third kappa shape index (κ3) is 4.38. The first-order chi connectivity index (χ1) is 32.0. The van der Waals surface area contributed by atoms with Crippen molar-refractivity contribution in [2.24, 2.45) is 0 Å². The van der Waals surface area contributed by atoms with E-state index in [0.717, 1.165) is 22.1 Å². The molecule has 52 heavy (non-hydrogen) atoms. The monoisotopic (exact) mass is 677 g/mol. The average molecular weight is 678 g/mol. The second-order valence-electron chi connectivity index (χ2n) is 12.4. The van der Waals surface area contributed by atoms with Crippen LogP contribution in [0.1, 0.15) is 20.6 Å². The van der Waals surface area contributed by atoms with Crippen LogP contribution in [0.25, 0.3) is 110 Å². The lowest BCUT2D eigenvalue weighted by Gasteiger charge is -2.18. The molecule has 0 atom stereocenters. The predicted molar refractivity (Wildman–Crippen MR) is 218 cm³/mol. The molecule has 2 heteroatoms. The summed E-state index contributed by atoms with van der Waals surface area (Å²) in [6, 6.07) is 18.0. The van der Waals surface area contributed by atoms with Gasteiger partial charge in [0.2, 0.25) is 0 Å². The van der Waals surface area contributed by atoms with E-state index in [1.165, 1.54) is 0 Å². The molecule has 0 aliphatic heterocycles. The maximum Gasteiger partial charge on any atom is 0.143 e. The lowest BCUT2D eigenvalue weighted by Crippen LogP contribution is -1.91. The smallest absolute Gasteiger partial charge is 0.143 e. The zero-order valence-electron chi connectivity index (χ0n) is 42.0. The van der Waals surface area contributed by atoms with Crippen LogP contribution in [0.15, 0.2) is 190 Å². The molecule has 11 aromatic rings.